The lowest BCUT2D eigenvalue weighted by Gasteiger charge is -2.51. The van der Waals surface area contributed by atoms with Crippen molar-refractivity contribution in [3.05, 3.63) is 28.8 Å². The molecule has 1 saturated carbocycles. The summed E-state index contributed by atoms with van der Waals surface area (Å²) in [7, 11) is 2.06. The highest BCUT2D eigenvalue weighted by Gasteiger charge is 2.61. The highest BCUT2D eigenvalue weighted by molar-refractivity contribution is 5.88. The van der Waals surface area contributed by atoms with E-state index in [0.717, 1.165) is 29.8 Å². The van der Waals surface area contributed by atoms with E-state index in [1.54, 1.807) is 0 Å². The molecule has 118 valence electrons. The van der Waals surface area contributed by atoms with Gasteiger partial charge >= 0.3 is 0 Å². The summed E-state index contributed by atoms with van der Waals surface area (Å²) in [5.41, 5.74) is 2.53. The van der Waals surface area contributed by atoms with Crippen molar-refractivity contribution < 1.29 is 14.6 Å². The molecule has 22 heavy (non-hydrogen) atoms. The van der Waals surface area contributed by atoms with Crippen molar-refractivity contribution in [3.8, 4) is 5.75 Å². The Bertz CT molecular complexity index is 656. The zero-order valence-corrected chi connectivity index (χ0v) is 13.4. The van der Waals surface area contributed by atoms with Gasteiger partial charge in [0.25, 0.3) is 0 Å². The van der Waals surface area contributed by atoms with Gasteiger partial charge in [0.2, 0.25) is 0 Å². The third-order valence-corrected chi connectivity index (χ3v) is 5.99. The van der Waals surface area contributed by atoms with Crippen LogP contribution in [-0.4, -0.2) is 47.1 Å². The SMILES string of the molecule is CCN(C)C1Cc2ccc(C)c3c2C2C(O3)C(=O)CCC21O. The summed E-state index contributed by atoms with van der Waals surface area (Å²) in [5, 5.41) is 11.5. The summed E-state index contributed by atoms with van der Waals surface area (Å²) in [6, 6.07) is 4.26. The fourth-order valence-corrected chi connectivity index (χ4v) is 4.67. The van der Waals surface area contributed by atoms with E-state index in [9.17, 15) is 9.90 Å². The number of carbonyl (C=O) groups excluding carboxylic acids is 1. The summed E-state index contributed by atoms with van der Waals surface area (Å²) in [6.07, 6.45) is 1.28. The highest BCUT2D eigenvalue weighted by Crippen LogP contribution is 2.56. The van der Waals surface area contributed by atoms with Gasteiger partial charge in [0.15, 0.2) is 11.9 Å². The number of ether oxygens (including phenoxy) is 1. The number of likely N-dealkylation sites (N-methyl/N-ethyl adjacent to an activating group) is 1. The quantitative estimate of drug-likeness (QED) is 0.905. The number of aryl methyl sites for hydroxylation is 1. The molecule has 4 rings (SSSR count). The first kappa shape index (κ1) is 14.2. The Kier molecular flexibility index (Phi) is 2.94. The van der Waals surface area contributed by atoms with Crippen LogP contribution in [0.1, 0.15) is 42.4 Å². The smallest absolute Gasteiger partial charge is 0.174 e. The van der Waals surface area contributed by atoms with E-state index in [0.29, 0.717) is 12.8 Å². The Balaban J connectivity index is 1.92. The minimum atomic E-state index is -0.866. The zero-order chi connectivity index (χ0) is 15.6. The maximum Gasteiger partial charge on any atom is 0.174 e. The Morgan fingerprint density at radius 1 is 1.45 bits per heavy atom. The van der Waals surface area contributed by atoms with E-state index in [4.69, 9.17) is 4.74 Å². The number of hydrogen-bond donors (Lipinski definition) is 1. The monoisotopic (exact) mass is 301 g/mol. The van der Waals surface area contributed by atoms with Crippen molar-refractivity contribution in [1.82, 2.24) is 4.90 Å². The Morgan fingerprint density at radius 2 is 2.23 bits per heavy atom. The average Bonchev–Trinajstić information content (AvgIpc) is 2.93. The molecule has 0 bridgehead atoms. The molecule has 0 spiro atoms. The van der Waals surface area contributed by atoms with E-state index >= 15 is 0 Å². The van der Waals surface area contributed by atoms with E-state index in [-0.39, 0.29) is 17.7 Å². The van der Waals surface area contributed by atoms with Crippen molar-refractivity contribution in [1.29, 1.82) is 0 Å². The topological polar surface area (TPSA) is 49.8 Å². The number of Topliss-reactive ketones (excluding diaryl/α,β-unsaturated/α-hetero) is 1. The third kappa shape index (κ3) is 1.62. The molecule has 1 N–H and O–H groups in total. The normalized spacial score (nSPS) is 35.5. The molecule has 1 aliphatic heterocycles. The van der Waals surface area contributed by atoms with E-state index in [1.165, 1.54) is 5.56 Å². The number of hydrogen-bond acceptors (Lipinski definition) is 4. The summed E-state index contributed by atoms with van der Waals surface area (Å²) in [4.78, 5) is 14.6. The van der Waals surface area contributed by atoms with Gasteiger partial charge in [-0.05, 0) is 44.5 Å². The predicted octanol–water partition coefficient (Wildman–Crippen LogP) is 1.81. The van der Waals surface area contributed by atoms with Gasteiger partial charge in [-0.3, -0.25) is 4.79 Å². The van der Waals surface area contributed by atoms with Crippen LogP contribution in [0.2, 0.25) is 0 Å². The molecular weight excluding hydrogens is 278 g/mol. The van der Waals surface area contributed by atoms with Crippen molar-refractivity contribution in [2.45, 2.75) is 56.8 Å². The largest absolute Gasteiger partial charge is 0.481 e. The van der Waals surface area contributed by atoms with Gasteiger partial charge in [-0.15, -0.1) is 0 Å². The second-order valence-electron chi connectivity index (χ2n) is 7.05. The maximum absolute atomic E-state index is 12.4. The van der Waals surface area contributed by atoms with E-state index in [1.807, 2.05) is 6.92 Å². The molecule has 0 aromatic heterocycles. The number of carbonyl (C=O) groups is 1. The molecule has 3 aliphatic rings. The molecule has 0 saturated heterocycles. The van der Waals surface area contributed by atoms with Crippen molar-refractivity contribution in [2.75, 3.05) is 13.6 Å². The molecule has 4 nitrogen and oxygen atoms in total. The lowest BCUT2D eigenvalue weighted by Crippen LogP contribution is -2.63. The molecule has 4 atom stereocenters. The van der Waals surface area contributed by atoms with Gasteiger partial charge in [-0.1, -0.05) is 19.1 Å². The number of benzene rings is 1. The summed E-state index contributed by atoms with van der Waals surface area (Å²) in [5.74, 6) is 0.779. The lowest BCUT2D eigenvalue weighted by atomic mass is 9.61. The second kappa shape index (κ2) is 4.56. The van der Waals surface area contributed by atoms with E-state index < -0.39 is 11.7 Å². The molecule has 1 aromatic rings. The zero-order valence-electron chi connectivity index (χ0n) is 13.4. The van der Waals surface area contributed by atoms with Gasteiger partial charge in [-0.25, -0.2) is 0 Å². The molecule has 4 heteroatoms. The van der Waals surface area contributed by atoms with Crippen LogP contribution in [0.3, 0.4) is 0 Å². The fraction of sp³-hybridized carbons (Fsp3) is 0.611. The number of rotatable bonds is 2. The Hall–Kier alpha value is -1.39. The number of ketones is 1. The molecular formula is C18H23NO3. The second-order valence-corrected chi connectivity index (χ2v) is 7.05. The van der Waals surface area contributed by atoms with Crippen molar-refractivity contribution >= 4 is 5.78 Å². The molecule has 2 aliphatic carbocycles. The van der Waals surface area contributed by atoms with Crippen molar-refractivity contribution in [2.24, 2.45) is 0 Å². The molecule has 1 aromatic carbocycles. The summed E-state index contributed by atoms with van der Waals surface area (Å²) >= 11 is 0. The van der Waals surface area contributed by atoms with Crippen LogP contribution in [0.5, 0.6) is 5.75 Å². The summed E-state index contributed by atoms with van der Waals surface area (Å²) in [6.45, 7) is 5.00. The van der Waals surface area contributed by atoms with Crippen LogP contribution in [0, 0.1) is 6.92 Å². The van der Waals surface area contributed by atoms with Crippen molar-refractivity contribution in [3.63, 3.8) is 0 Å². The lowest BCUT2D eigenvalue weighted by molar-refractivity contribution is -0.146. The standard InChI is InChI=1S/C18H23NO3/c1-4-19(3)13-9-11-6-5-10(2)16-14(11)15-17(22-16)12(20)7-8-18(13,15)21/h5-6,13,15,17,21H,4,7-9H2,1-3H3. The minimum Gasteiger partial charge on any atom is -0.481 e. The molecule has 0 amide bonds. The van der Waals surface area contributed by atoms with Crippen LogP contribution in [0.4, 0.5) is 0 Å². The van der Waals surface area contributed by atoms with Crippen LogP contribution in [-0.2, 0) is 11.2 Å². The van der Waals surface area contributed by atoms with Crippen LogP contribution in [0.15, 0.2) is 12.1 Å². The highest BCUT2D eigenvalue weighted by atomic mass is 16.5. The predicted molar refractivity (Wildman–Crippen MR) is 83.3 cm³/mol. The van der Waals surface area contributed by atoms with Crippen LogP contribution >= 0.6 is 0 Å². The summed E-state index contributed by atoms with van der Waals surface area (Å²) < 4.78 is 6.04. The minimum absolute atomic E-state index is 0.0443. The first-order chi connectivity index (χ1) is 10.5. The average molecular weight is 301 g/mol. The Labute approximate surface area is 131 Å². The van der Waals surface area contributed by atoms with Gasteiger partial charge in [0.05, 0.1) is 11.5 Å². The Morgan fingerprint density at radius 3 is 2.95 bits per heavy atom. The molecule has 0 radical (unpaired) electrons. The molecule has 1 fully saturated rings. The first-order valence-corrected chi connectivity index (χ1v) is 8.21. The number of aliphatic hydroxyl groups is 1. The third-order valence-electron chi connectivity index (χ3n) is 5.99. The first-order valence-electron chi connectivity index (χ1n) is 8.21. The van der Waals surface area contributed by atoms with Gasteiger partial charge in [0, 0.05) is 18.0 Å². The van der Waals surface area contributed by atoms with E-state index in [2.05, 4.69) is 31.0 Å². The fourth-order valence-electron chi connectivity index (χ4n) is 4.67. The molecule has 4 unspecified atom stereocenters. The van der Waals surface area contributed by atoms with Gasteiger partial charge < -0.3 is 14.7 Å². The van der Waals surface area contributed by atoms with Gasteiger partial charge in [-0.2, -0.15) is 0 Å². The van der Waals surface area contributed by atoms with Crippen LogP contribution < -0.4 is 4.74 Å². The molecule has 1 heterocycles. The van der Waals surface area contributed by atoms with Gasteiger partial charge in [0.1, 0.15) is 5.75 Å². The number of nitrogens with zero attached hydrogens (tertiary/aromatic N) is 1. The van der Waals surface area contributed by atoms with Crippen LogP contribution in [0.25, 0.3) is 0 Å². The maximum atomic E-state index is 12.4.